The van der Waals surface area contributed by atoms with Crippen LogP contribution in [0, 0.1) is 34.0 Å². The van der Waals surface area contributed by atoms with Gasteiger partial charge in [0.05, 0.1) is 124 Å². The number of aromatic hydroxyl groups is 1. The zero-order valence-corrected chi connectivity index (χ0v) is 92.7. The van der Waals surface area contributed by atoms with Gasteiger partial charge in [-0.1, -0.05) is 94.7 Å². The summed E-state index contributed by atoms with van der Waals surface area (Å²) in [6.07, 6.45) is 14.3. The van der Waals surface area contributed by atoms with Crippen LogP contribution in [-0.2, 0) is 44.1 Å². The average molecular weight is 2180 g/mol. The SMILES string of the molecule is CC(C)c1cnc2cc(-c3ncc(C(=O)N(C)CCO[Si](C)(C)C(C)(C)C)cc3O)oc2c1Cl.COc1cc(C(=O)N(C)CCO)cnc1-c1cc2ncc(C(C)C)c(-c3ccc(OC4CCOCC4)c(C#N)n3)c2o1.COc1cc(C(=O)N(C)CCO[Si](C)(C)C(C)(C)C)cnc1-c1cc2ncc(C(C)C)c(-c3ccc(OC4CCOCC4)c(C#N)n3)c2o1.Cl.Cl.N#Cc1nc(B(O)O)ccc1OC1CCOCC1.[Mo]. The summed E-state index contributed by atoms with van der Waals surface area (Å²) in [5, 5.41) is 67.4. The van der Waals surface area contributed by atoms with Crippen LogP contribution in [0.25, 0.3) is 90.2 Å². The third-order valence-electron chi connectivity index (χ3n) is 25.9. The zero-order valence-electron chi connectivity index (χ0n) is 86.3. The first-order valence-electron chi connectivity index (χ1n) is 47.7. The van der Waals surface area contributed by atoms with Gasteiger partial charge in [-0.2, -0.15) is 15.8 Å². The molecule has 3 fully saturated rings. The van der Waals surface area contributed by atoms with Crippen molar-refractivity contribution in [1.82, 2.24) is 59.6 Å². The Morgan fingerprint density at radius 1 is 0.473 bits per heavy atom. The van der Waals surface area contributed by atoms with Crippen molar-refractivity contribution in [2.75, 3.05) is 114 Å². The number of fused-ring (bicyclic) bond motifs is 3. The van der Waals surface area contributed by atoms with Crippen LogP contribution >= 0.6 is 36.4 Å². The Labute approximate surface area is 885 Å². The maximum Gasteiger partial charge on any atom is 0.508 e. The van der Waals surface area contributed by atoms with Gasteiger partial charge in [-0.25, -0.2) is 29.9 Å². The van der Waals surface area contributed by atoms with Crippen LogP contribution in [0.1, 0.15) is 204 Å². The fourth-order valence-electron chi connectivity index (χ4n) is 15.3. The molecule has 146 heavy (non-hydrogen) atoms. The number of halogens is 3. The number of ether oxygens (including phenoxy) is 8. The average Bonchev–Trinajstić information content (AvgIpc) is 1.78. The predicted octanol–water partition coefficient (Wildman–Crippen LogP) is 18.7. The van der Waals surface area contributed by atoms with Crippen molar-refractivity contribution < 1.29 is 116 Å². The smallest absolute Gasteiger partial charge is 0.506 e. The number of likely N-dealkylation sites (N-methyl/N-ethyl adjacent to an activating group) is 3. The largest absolute Gasteiger partial charge is 0.508 e. The molecular formula is C104H129BCl3MoN15O20Si2. The Bertz CT molecular complexity index is 6660. The number of hydrogen-bond acceptors (Lipinski definition) is 32. The molecule has 3 aliphatic rings. The fourth-order valence-corrected chi connectivity index (χ4v) is 17.8. The van der Waals surface area contributed by atoms with Gasteiger partial charge in [0.15, 0.2) is 85.0 Å². The second-order valence-electron chi connectivity index (χ2n) is 39.1. The Kier molecular flexibility index (Phi) is 42.3. The van der Waals surface area contributed by atoms with Crippen molar-refractivity contribution in [2.24, 2.45) is 0 Å². The van der Waals surface area contributed by atoms with E-state index in [2.05, 4.69) is 137 Å². The van der Waals surface area contributed by atoms with Crippen molar-refractivity contribution >= 4 is 117 Å². The third-order valence-corrected chi connectivity index (χ3v) is 35.4. The van der Waals surface area contributed by atoms with Crippen molar-refractivity contribution in [2.45, 2.75) is 194 Å². The van der Waals surface area contributed by atoms with Gasteiger partial charge in [-0.05, 0) is 125 Å². The number of carbonyl (C=O) groups excluding carboxylic acids is 3. The third kappa shape index (κ3) is 28.7. The summed E-state index contributed by atoms with van der Waals surface area (Å²) in [6, 6.07) is 26.4. The Balaban J connectivity index is 0.000000225. The van der Waals surface area contributed by atoms with Gasteiger partial charge >= 0.3 is 7.12 Å². The van der Waals surface area contributed by atoms with Gasteiger partial charge in [0.1, 0.15) is 87.4 Å². The van der Waals surface area contributed by atoms with E-state index in [-0.39, 0.29) is 163 Å². The number of nitrogens with zero attached hydrogens (tertiary/aromatic N) is 15. The van der Waals surface area contributed by atoms with Gasteiger partial charge in [-0.15, -0.1) is 24.8 Å². The summed E-state index contributed by atoms with van der Waals surface area (Å²) < 4.78 is 76.5. The Morgan fingerprint density at radius 2 is 0.801 bits per heavy atom. The fraction of sp³-hybridized carbons (Fsp3) is 0.452. The topological polar surface area (TPSA) is 461 Å². The van der Waals surface area contributed by atoms with E-state index < -0.39 is 23.8 Å². The molecule has 0 spiro atoms. The molecule has 0 saturated carbocycles. The molecule has 3 aliphatic heterocycles. The van der Waals surface area contributed by atoms with E-state index in [1.807, 2.05) is 38.2 Å². The summed E-state index contributed by atoms with van der Waals surface area (Å²) >= 11 is 6.50. The Hall–Kier alpha value is -11.6. The predicted molar refractivity (Wildman–Crippen MR) is 561 cm³/mol. The second-order valence-corrected chi connectivity index (χ2v) is 49.1. The van der Waals surface area contributed by atoms with Gasteiger partial charge in [0, 0.05) is 156 Å². The molecule has 0 aromatic carbocycles. The molecule has 0 radical (unpaired) electrons. The number of aliphatic hydroxyl groups excluding tert-OH is 1. The van der Waals surface area contributed by atoms with Crippen LogP contribution in [0.4, 0.5) is 0 Å². The monoisotopic (exact) mass is 2180 g/mol. The normalized spacial score (nSPS) is 13.6. The quantitative estimate of drug-likeness (QED) is 0.0304. The molecule has 12 aromatic rings. The minimum absolute atomic E-state index is 0. The number of carbonyl (C=O) groups is 3. The molecule has 778 valence electrons. The molecule has 0 aliphatic carbocycles. The van der Waals surface area contributed by atoms with E-state index in [0.29, 0.717) is 184 Å². The van der Waals surface area contributed by atoms with Crippen LogP contribution in [0.2, 0.25) is 41.3 Å². The number of furan rings is 3. The van der Waals surface area contributed by atoms with Crippen LogP contribution in [0.5, 0.6) is 34.5 Å². The standard InChI is InChI=1S/C37H47N5O6Si.C31H33N5O6.C25H34ClN3O4Si.C11H13BN2O4.2ClH.Mo/c1-23(2)26-22-39-28-19-32(48-35(28)33(26)27-10-11-30(29(20-38)41-27)47-25-12-15-45-16-13-25)34-31(44-7)18-24(21-40-34)36(43)42(6)14-17-46-49(8,9)37(3,4)5;1-18(2)21-17-33-23-14-27(29-26(39-4)13-19(16-34-29)31(38)36(3)9-10-37)42-30(23)28(21)22-5-6-25(24(15-32)35-22)41-20-7-11-40-12-8-20;1-15(2)17-14-27-18-12-20(33-23(18)21(17)26)22-19(30)11-16(13-28-22)24(31)29(6)9-10-32-34(7,8)25(3,4)5;13-7-9-10(1-2-11(14-9)12(15)16)18-8-3-5-17-6-4-8;;;/h10-11,18-19,21-23,25H,12-17H2,1-9H3;5-6,13-14,16-18,20,37H,7-12H2,1-4H3;11-15,30H,9-10H2,1-8H3;1-2,8,15-16H,3-6H2;2*1H;. The molecule has 4 N–H and O–H groups in total. The van der Waals surface area contributed by atoms with E-state index in [0.717, 1.165) is 66.3 Å². The number of nitriles is 3. The van der Waals surface area contributed by atoms with E-state index in [9.17, 15) is 35.1 Å². The van der Waals surface area contributed by atoms with Crippen molar-refractivity contribution in [1.29, 1.82) is 15.8 Å². The van der Waals surface area contributed by atoms with Gasteiger partial charge in [-0.3, -0.25) is 29.3 Å². The van der Waals surface area contributed by atoms with Crippen molar-refractivity contribution in [3.8, 4) is 110 Å². The number of aromatic nitrogens is 9. The molecule has 3 amide bonds. The number of aliphatic hydroxyl groups is 1. The molecule has 3 saturated heterocycles. The van der Waals surface area contributed by atoms with Gasteiger partial charge in [0.25, 0.3) is 17.7 Å². The number of methoxy groups -OCH3 is 2. The van der Waals surface area contributed by atoms with Crippen LogP contribution < -0.4 is 29.3 Å². The molecule has 15 rings (SSSR count). The van der Waals surface area contributed by atoms with Crippen molar-refractivity contribution in [3.63, 3.8) is 0 Å². The van der Waals surface area contributed by atoms with E-state index in [4.69, 9.17) is 102 Å². The number of hydrogen-bond donors (Lipinski definition) is 4. The van der Waals surface area contributed by atoms with Gasteiger partial charge in [0.2, 0.25) is 0 Å². The maximum atomic E-state index is 13.4. The second kappa shape index (κ2) is 52.3. The first-order valence-corrected chi connectivity index (χ1v) is 53.9. The minimum Gasteiger partial charge on any atom is -0.506 e. The summed E-state index contributed by atoms with van der Waals surface area (Å²) in [6.45, 7) is 39.9. The molecule has 0 bridgehead atoms. The minimum atomic E-state index is -1.93. The first kappa shape index (κ1) is 118. The molecule has 0 unspecified atom stereocenters. The number of rotatable bonds is 30. The summed E-state index contributed by atoms with van der Waals surface area (Å²) in [5.41, 5.74) is 11.1. The molecular weight excluding hydrogens is 2050 g/mol. The van der Waals surface area contributed by atoms with Gasteiger partial charge < -0.3 is 95.0 Å². The van der Waals surface area contributed by atoms with E-state index >= 15 is 0 Å². The first-order chi connectivity index (χ1) is 68.0. The summed E-state index contributed by atoms with van der Waals surface area (Å²) in [7, 11) is 2.60. The number of pyridine rings is 9. The molecule has 15 heterocycles. The van der Waals surface area contributed by atoms with E-state index in [1.165, 1.54) is 55.9 Å². The van der Waals surface area contributed by atoms with Crippen LogP contribution in [0.3, 0.4) is 0 Å². The molecule has 35 nitrogen and oxygen atoms in total. The summed E-state index contributed by atoms with van der Waals surface area (Å²) in [5.74, 6) is 2.66. The Morgan fingerprint density at radius 3 is 1.14 bits per heavy atom. The number of amides is 3. The molecule has 0 atom stereocenters. The molecule has 42 heteroatoms. The maximum absolute atomic E-state index is 13.4. The van der Waals surface area contributed by atoms with E-state index in [1.54, 1.807) is 85.8 Å². The van der Waals surface area contributed by atoms with Crippen molar-refractivity contribution in [3.05, 3.63) is 165 Å². The zero-order chi connectivity index (χ0) is 104. The van der Waals surface area contributed by atoms with Crippen LogP contribution in [0.15, 0.2) is 123 Å². The van der Waals surface area contributed by atoms with Crippen LogP contribution in [-0.4, -0.2) is 254 Å². The molecule has 12 aromatic heterocycles. The summed E-state index contributed by atoms with van der Waals surface area (Å²) in [4.78, 5) is 84.0.